The predicted molar refractivity (Wildman–Crippen MR) is 82.8 cm³/mol. The number of rotatable bonds is 4. The summed E-state index contributed by atoms with van der Waals surface area (Å²) in [5.41, 5.74) is 0.228. The largest absolute Gasteiger partial charge is 0.377 e. The maximum Gasteiger partial charge on any atom is 0.340 e. The predicted octanol–water partition coefficient (Wildman–Crippen LogP) is 3.11. The van der Waals surface area contributed by atoms with Gasteiger partial charge in [-0.25, -0.2) is 4.98 Å². The summed E-state index contributed by atoms with van der Waals surface area (Å²) in [6.07, 6.45) is 1.03. The fraction of sp³-hybridized carbons (Fsp3) is 0.0769. The third-order valence-electron chi connectivity index (χ3n) is 2.46. The molecule has 0 bridgehead atoms. The van der Waals surface area contributed by atoms with E-state index in [9.17, 15) is 13.2 Å². The zero-order valence-corrected chi connectivity index (χ0v) is 13.5. The van der Waals surface area contributed by atoms with Crippen LogP contribution in [0.1, 0.15) is 6.92 Å². The van der Waals surface area contributed by atoms with E-state index in [1.807, 2.05) is 0 Å². The lowest BCUT2D eigenvalue weighted by Crippen LogP contribution is -2.13. The molecule has 2 rings (SSSR count). The Hall–Kier alpha value is -1.83. The van der Waals surface area contributed by atoms with Gasteiger partial charge in [-0.05, 0) is 18.2 Å². The summed E-state index contributed by atoms with van der Waals surface area (Å²) >= 11 is 11.4. The summed E-state index contributed by atoms with van der Waals surface area (Å²) in [7, 11) is -4.17. The molecule has 1 aromatic heterocycles. The number of hydrogen-bond donors (Lipinski definition) is 1. The van der Waals surface area contributed by atoms with Crippen molar-refractivity contribution in [3.63, 3.8) is 0 Å². The Morgan fingerprint density at radius 1 is 1.27 bits per heavy atom. The molecule has 1 heterocycles. The van der Waals surface area contributed by atoms with Gasteiger partial charge in [0, 0.05) is 6.92 Å². The SMILES string of the molecule is CC(=O)Nc1ccccc1OS(=O)(=O)c1cnc(Cl)c(Cl)c1. The van der Waals surface area contributed by atoms with Gasteiger partial charge in [-0.3, -0.25) is 4.79 Å². The molecular formula is C13H10Cl2N2O4S. The van der Waals surface area contributed by atoms with Crippen LogP contribution in [-0.4, -0.2) is 19.3 Å². The Bertz CT molecular complexity index is 825. The van der Waals surface area contributed by atoms with Gasteiger partial charge < -0.3 is 9.50 Å². The van der Waals surface area contributed by atoms with Crippen LogP contribution in [-0.2, 0) is 14.9 Å². The van der Waals surface area contributed by atoms with Gasteiger partial charge in [0.25, 0.3) is 0 Å². The van der Waals surface area contributed by atoms with Crippen LogP contribution < -0.4 is 9.50 Å². The molecule has 0 radical (unpaired) electrons. The van der Waals surface area contributed by atoms with Crippen molar-refractivity contribution in [2.45, 2.75) is 11.8 Å². The number of aromatic nitrogens is 1. The fourth-order valence-electron chi connectivity index (χ4n) is 1.54. The maximum atomic E-state index is 12.2. The van der Waals surface area contributed by atoms with Crippen LogP contribution in [0.5, 0.6) is 5.75 Å². The van der Waals surface area contributed by atoms with E-state index in [0.717, 1.165) is 12.3 Å². The molecular weight excluding hydrogens is 351 g/mol. The number of hydrogen-bond acceptors (Lipinski definition) is 5. The first-order chi connectivity index (χ1) is 10.3. The summed E-state index contributed by atoms with van der Waals surface area (Å²) in [6.45, 7) is 1.30. The summed E-state index contributed by atoms with van der Waals surface area (Å²) in [4.78, 5) is 14.5. The minimum atomic E-state index is -4.17. The minimum Gasteiger partial charge on any atom is -0.377 e. The second kappa shape index (κ2) is 6.51. The summed E-state index contributed by atoms with van der Waals surface area (Å²) in [5, 5.41) is 2.45. The Labute approximate surface area is 137 Å². The highest BCUT2D eigenvalue weighted by molar-refractivity contribution is 7.87. The average molecular weight is 361 g/mol. The molecule has 0 atom stereocenters. The minimum absolute atomic E-state index is 0.0125. The van der Waals surface area contributed by atoms with Crippen LogP contribution in [0.15, 0.2) is 41.4 Å². The van der Waals surface area contributed by atoms with E-state index >= 15 is 0 Å². The molecule has 1 N–H and O–H groups in total. The van der Waals surface area contributed by atoms with Crippen molar-refractivity contribution in [3.05, 3.63) is 46.7 Å². The van der Waals surface area contributed by atoms with Gasteiger partial charge in [0.2, 0.25) is 5.91 Å². The van der Waals surface area contributed by atoms with Gasteiger partial charge in [-0.2, -0.15) is 8.42 Å². The molecule has 1 amide bonds. The molecule has 0 aliphatic heterocycles. The van der Waals surface area contributed by atoms with E-state index in [-0.39, 0.29) is 32.4 Å². The lowest BCUT2D eigenvalue weighted by Gasteiger charge is -2.11. The standard InChI is InChI=1S/C13H10Cl2N2O4S/c1-8(18)17-11-4-2-3-5-12(11)21-22(19,20)9-6-10(14)13(15)16-7-9/h2-7H,1H3,(H,17,18). The fourth-order valence-corrected chi connectivity index (χ4v) is 2.80. The molecule has 116 valence electrons. The normalized spacial score (nSPS) is 11.0. The number of anilines is 1. The third-order valence-corrected chi connectivity index (χ3v) is 4.34. The Morgan fingerprint density at radius 2 is 1.95 bits per heavy atom. The van der Waals surface area contributed by atoms with Crippen LogP contribution >= 0.6 is 23.2 Å². The number of nitrogens with one attached hydrogen (secondary N) is 1. The first-order valence-corrected chi connectivity index (χ1v) is 8.08. The zero-order valence-electron chi connectivity index (χ0n) is 11.2. The van der Waals surface area contributed by atoms with Crippen molar-refractivity contribution in [1.29, 1.82) is 0 Å². The van der Waals surface area contributed by atoms with Crippen LogP contribution in [0.4, 0.5) is 5.69 Å². The van der Waals surface area contributed by atoms with Gasteiger partial charge >= 0.3 is 10.1 Å². The monoisotopic (exact) mass is 360 g/mol. The van der Waals surface area contributed by atoms with Crippen molar-refractivity contribution in [3.8, 4) is 5.75 Å². The lowest BCUT2D eigenvalue weighted by molar-refractivity contribution is -0.114. The van der Waals surface area contributed by atoms with Crippen LogP contribution in [0.25, 0.3) is 0 Å². The number of carbonyl (C=O) groups excluding carboxylic acids is 1. The highest BCUT2D eigenvalue weighted by Gasteiger charge is 2.20. The average Bonchev–Trinajstić information content (AvgIpc) is 2.43. The van der Waals surface area contributed by atoms with E-state index in [4.69, 9.17) is 27.4 Å². The number of benzene rings is 1. The van der Waals surface area contributed by atoms with Gasteiger partial charge in [0.15, 0.2) is 5.75 Å². The molecule has 0 spiro atoms. The van der Waals surface area contributed by atoms with Crippen LogP contribution in [0.3, 0.4) is 0 Å². The number of para-hydroxylation sites is 2. The highest BCUT2D eigenvalue weighted by Crippen LogP contribution is 2.29. The van der Waals surface area contributed by atoms with Crippen molar-refractivity contribution in [2.24, 2.45) is 0 Å². The smallest absolute Gasteiger partial charge is 0.340 e. The van der Waals surface area contributed by atoms with Gasteiger partial charge in [0.1, 0.15) is 10.0 Å². The van der Waals surface area contributed by atoms with E-state index < -0.39 is 10.1 Å². The van der Waals surface area contributed by atoms with Gasteiger partial charge in [0.05, 0.1) is 16.9 Å². The molecule has 1 aromatic carbocycles. The molecule has 0 saturated carbocycles. The first kappa shape index (κ1) is 16.5. The Balaban J connectivity index is 2.36. The summed E-state index contributed by atoms with van der Waals surface area (Å²) in [5.74, 6) is -0.381. The number of halogens is 2. The molecule has 9 heteroatoms. The summed E-state index contributed by atoms with van der Waals surface area (Å²) < 4.78 is 29.5. The first-order valence-electron chi connectivity index (χ1n) is 5.92. The molecule has 0 unspecified atom stereocenters. The molecule has 0 fully saturated rings. The Morgan fingerprint density at radius 3 is 2.59 bits per heavy atom. The lowest BCUT2D eigenvalue weighted by atomic mass is 10.3. The molecule has 0 aliphatic rings. The Kier molecular flexibility index (Phi) is 4.90. The summed E-state index contributed by atoms with van der Waals surface area (Å²) in [6, 6.07) is 7.26. The topological polar surface area (TPSA) is 85.4 Å². The molecule has 0 saturated heterocycles. The van der Waals surface area contributed by atoms with Gasteiger partial charge in [-0.15, -0.1) is 0 Å². The quantitative estimate of drug-likeness (QED) is 0.668. The van der Waals surface area contributed by atoms with E-state index in [0.29, 0.717) is 0 Å². The molecule has 22 heavy (non-hydrogen) atoms. The van der Waals surface area contributed by atoms with E-state index in [1.54, 1.807) is 12.1 Å². The number of nitrogens with zero attached hydrogens (tertiary/aromatic N) is 1. The van der Waals surface area contributed by atoms with E-state index in [2.05, 4.69) is 10.3 Å². The zero-order chi connectivity index (χ0) is 16.3. The second-order valence-corrected chi connectivity index (χ2v) is 6.47. The van der Waals surface area contributed by atoms with Crippen molar-refractivity contribution >= 4 is 44.9 Å². The molecule has 6 nitrogen and oxygen atoms in total. The maximum absolute atomic E-state index is 12.2. The van der Waals surface area contributed by atoms with Crippen molar-refractivity contribution < 1.29 is 17.4 Å². The highest BCUT2D eigenvalue weighted by atomic mass is 35.5. The van der Waals surface area contributed by atoms with Crippen molar-refractivity contribution in [2.75, 3.05) is 5.32 Å². The van der Waals surface area contributed by atoms with Crippen LogP contribution in [0, 0.1) is 0 Å². The molecule has 0 aliphatic carbocycles. The van der Waals surface area contributed by atoms with Crippen LogP contribution in [0.2, 0.25) is 10.2 Å². The van der Waals surface area contributed by atoms with Crippen molar-refractivity contribution in [1.82, 2.24) is 4.98 Å². The second-order valence-electron chi connectivity index (χ2n) is 4.16. The molecule has 2 aromatic rings. The van der Waals surface area contributed by atoms with Gasteiger partial charge in [-0.1, -0.05) is 35.3 Å². The third kappa shape index (κ3) is 3.88. The number of carbonyl (C=O) groups is 1. The number of amides is 1. The number of pyridine rings is 1. The van der Waals surface area contributed by atoms with E-state index in [1.165, 1.54) is 19.1 Å².